The maximum absolute atomic E-state index is 3.57. The van der Waals surface area contributed by atoms with Crippen LogP contribution in [0, 0.1) is 5.41 Å². The van der Waals surface area contributed by atoms with Crippen LogP contribution in [-0.4, -0.2) is 6.54 Å². The van der Waals surface area contributed by atoms with E-state index in [0.29, 0.717) is 5.41 Å². The molecule has 0 radical (unpaired) electrons. The first-order chi connectivity index (χ1) is 7.78. The highest BCUT2D eigenvalue weighted by atomic mass is 14.9. The third kappa shape index (κ3) is 2.90. The molecule has 0 aliphatic carbocycles. The van der Waals surface area contributed by atoms with Gasteiger partial charge in [0.05, 0.1) is 0 Å². The highest BCUT2D eigenvalue weighted by Gasteiger charge is 2.24. The van der Waals surface area contributed by atoms with Crippen molar-refractivity contribution in [3.63, 3.8) is 0 Å². The van der Waals surface area contributed by atoms with Gasteiger partial charge in [0, 0.05) is 13.1 Å². The molecule has 94 valence electrons. The first-order valence-electron chi connectivity index (χ1n) is 6.61. The predicted molar refractivity (Wildman–Crippen MR) is 74.3 cm³/mol. The van der Waals surface area contributed by atoms with Crippen molar-refractivity contribution >= 4 is 0 Å². The van der Waals surface area contributed by atoms with Crippen molar-refractivity contribution in [1.29, 1.82) is 0 Å². The molecule has 0 spiro atoms. The molecule has 0 saturated heterocycles. The van der Waals surface area contributed by atoms with Crippen LogP contribution in [0.1, 0.15) is 51.3 Å². The smallest absolute Gasteiger partial charge is 0.0208 e. The van der Waals surface area contributed by atoms with Gasteiger partial charge < -0.3 is 5.32 Å². The molecule has 1 heteroatoms. The Morgan fingerprint density at radius 3 is 2.47 bits per heavy atom. The monoisotopic (exact) mass is 231 g/mol. The number of hydrogen-bond donors (Lipinski definition) is 1. The Bertz CT molecular complexity index is 410. The molecule has 1 aromatic rings. The summed E-state index contributed by atoms with van der Waals surface area (Å²) in [5.74, 6) is 0. The van der Waals surface area contributed by atoms with Gasteiger partial charge in [0.15, 0.2) is 0 Å². The first kappa shape index (κ1) is 12.6. The van der Waals surface area contributed by atoms with Gasteiger partial charge in [-0.05, 0) is 33.9 Å². The Kier molecular flexibility index (Phi) is 3.07. The van der Waals surface area contributed by atoms with Crippen LogP contribution in [0.5, 0.6) is 0 Å². The van der Waals surface area contributed by atoms with Crippen LogP contribution in [0.25, 0.3) is 0 Å². The van der Waals surface area contributed by atoms with Gasteiger partial charge in [-0.25, -0.2) is 0 Å². The van der Waals surface area contributed by atoms with Crippen LogP contribution in [-0.2, 0) is 18.4 Å². The molecule has 17 heavy (non-hydrogen) atoms. The maximum atomic E-state index is 3.57. The van der Waals surface area contributed by atoms with Gasteiger partial charge >= 0.3 is 0 Å². The van der Waals surface area contributed by atoms with Gasteiger partial charge in [-0.3, -0.25) is 0 Å². The molecule has 0 bridgehead atoms. The molecule has 1 aromatic carbocycles. The summed E-state index contributed by atoms with van der Waals surface area (Å²) in [6.07, 6.45) is 1.18. The molecule has 1 aliphatic heterocycles. The molecule has 0 saturated carbocycles. The third-order valence-corrected chi connectivity index (χ3v) is 3.66. The lowest BCUT2D eigenvalue weighted by molar-refractivity contribution is 0.349. The van der Waals surface area contributed by atoms with Gasteiger partial charge in [-0.1, -0.05) is 52.8 Å². The summed E-state index contributed by atoms with van der Waals surface area (Å²) in [4.78, 5) is 0. The topological polar surface area (TPSA) is 12.0 Å². The summed E-state index contributed by atoms with van der Waals surface area (Å²) in [7, 11) is 0. The van der Waals surface area contributed by atoms with E-state index in [1.165, 1.54) is 23.1 Å². The minimum Gasteiger partial charge on any atom is -0.312 e. The van der Waals surface area contributed by atoms with Gasteiger partial charge in [0.25, 0.3) is 0 Å². The summed E-state index contributed by atoms with van der Waals surface area (Å²) < 4.78 is 0. The molecular weight excluding hydrogens is 206 g/mol. The van der Waals surface area contributed by atoms with Gasteiger partial charge in [-0.15, -0.1) is 0 Å². The lowest BCUT2D eigenvalue weighted by atomic mass is 9.82. The Morgan fingerprint density at radius 1 is 1.12 bits per heavy atom. The Balaban J connectivity index is 2.38. The fourth-order valence-corrected chi connectivity index (χ4v) is 2.54. The lowest BCUT2D eigenvalue weighted by Crippen LogP contribution is -2.27. The normalized spacial score (nSPS) is 19.6. The molecular formula is C16H25N. The molecule has 0 unspecified atom stereocenters. The average molecular weight is 231 g/mol. The van der Waals surface area contributed by atoms with Gasteiger partial charge in [0.1, 0.15) is 0 Å². The molecule has 1 nitrogen and oxygen atoms in total. The second-order valence-electron chi connectivity index (χ2n) is 7.18. The van der Waals surface area contributed by atoms with E-state index in [-0.39, 0.29) is 5.41 Å². The van der Waals surface area contributed by atoms with E-state index in [2.05, 4.69) is 58.1 Å². The van der Waals surface area contributed by atoms with Gasteiger partial charge in [0.2, 0.25) is 0 Å². The van der Waals surface area contributed by atoms with Crippen LogP contribution in [0.4, 0.5) is 0 Å². The van der Waals surface area contributed by atoms with E-state index in [1.54, 1.807) is 0 Å². The van der Waals surface area contributed by atoms with E-state index in [0.717, 1.165) is 13.1 Å². The van der Waals surface area contributed by atoms with E-state index < -0.39 is 0 Å². The van der Waals surface area contributed by atoms with Crippen molar-refractivity contribution in [2.24, 2.45) is 5.41 Å². The van der Waals surface area contributed by atoms with Crippen molar-refractivity contribution in [2.75, 3.05) is 6.54 Å². The molecule has 0 aromatic heterocycles. The molecule has 2 rings (SSSR count). The van der Waals surface area contributed by atoms with Crippen molar-refractivity contribution in [3.05, 3.63) is 34.9 Å². The van der Waals surface area contributed by atoms with Crippen LogP contribution in [0.15, 0.2) is 18.2 Å². The maximum Gasteiger partial charge on any atom is 0.0208 e. The number of hydrogen-bond acceptors (Lipinski definition) is 1. The van der Waals surface area contributed by atoms with Crippen molar-refractivity contribution in [3.8, 4) is 0 Å². The minimum absolute atomic E-state index is 0.247. The number of fused-ring (bicyclic) bond motifs is 1. The number of rotatable bonds is 0. The van der Waals surface area contributed by atoms with Crippen molar-refractivity contribution in [1.82, 2.24) is 5.32 Å². The summed E-state index contributed by atoms with van der Waals surface area (Å²) >= 11 is 0. The standard InChI is InChI=1S/C16H25N/c1-15(2,3)14-7-6-12-9-16(4,5)11-17-10-13(12)8-14/h6-8,17H,9-11H2,1-5H3. The quantitative estimate of drug-likeness (QED) is 0.718. The Hall–Kier alpha value is -0.820. The second-order valence-corrected chi connectivity index (χ2v) is 7.18. The fourth-order valence-electron chi connectivity index (χ4n) is 2.54. The van der Waals surface area contributed by atoms with E-state index in [1.807, 2.05) is 0 Å². The van der Waals surface area contributed by atoms with E-state index in [9.17, 15) is 0 Å². The fraction of sp³-hybridized carbons (Fsp3) is 0.625. The Morgan fingerprint density at radius 2 is 1.82 bits per heavy atom. The van der Waals surface area contributed by atoms with Crippen LogP contribution in [0.2, 0.25) is 0 Å². The Labute approximate surface area is 106 Å². The zero-order valence-electron chi connectivity index (χ0n) is 11.9. The summed E-state index contributed by atoms with van der Waals surface area (Å²) in [6.45, 7) is 13.6. The largest absolute Gasteiger partial charge is 0.312 e. The van der Waals surface area contributed by atoms with E-state index >= 15 is 0 Å². The molecule has 1 N–H and O–H groups in total. The van der Waals surface area contributed by atoms with Crippen molar-refractivity contribution < 1.29 is 0 Å². The molecule has 0 fully saturated rings. The highest BCUT2D eigenvalue weighted by molar-refractivity contribution is 5.36. The summed E-state index contributed by atoms with van der Waals surface area (Å²) in [6, 6.07) is 7.04. The van der Waals surface area contributed by atoms with Crippen molar-refractivity contribution in [2.45, 2.75) is 53.0 Å². The van der Waals surface area contributed by atoms with Crippen LogP contribution < -0.4 is 5.32 Å². The lowest BCUT2D eigenvalue weighted by Gasteiger charge is -2.23. The predicted octanol–water partition coefficient (Wildman–Crippen LogP) is 3.66. The molecule has 1 aliphatic rings. The molecule has 0 atom stereocenters. The second kappa shape index (κ2) is 4.13. The van der Waals surface area contributed by atoms with Crippen LogP contribution >= 0.6 is 0 Å². The zero-order chi connectivity index (χ0) is 12.7. The van der Waals surface area contributed by atoms with Crippen LogP contribution in [0.3, 0.4) is 0 Å². The molecule has 1 heterocycles. The minimum atomic E-state index is 0.247. The number of benzene rings is 1. The average Bonchev–Trinajstić information content (AvgIpc) is 2.32. The molecule has 0 amide bonds. The van der Waals surface area contributed by atoms with E-state index in [4.69, 9.17) is 0 Å². The third-order valence-electron chi connectivity index (χ3n) is 3.66. The summed E-state index contributed by atoms with van der Waals surface area (Å²) in [5.41, 5.74) is 5.07. The zero-order valence-corrected chi connectivity index (χ0v) is 11.9. The van der Waals surface area contributed by atoms with Gasteiger partial charge in [-0.2, -0.15) is 0 Å². The number of nitrogens with one attached hydrogen (secondary N) is 1. The SMILES string of the molecule is CC1(C)CNCc2cc(C(C)(C)C)ccc2C1. The summed E-state index contributed by atoms with van der Waals surface area (Å²) in [5, 5.41) is 3.57. The first-order valence-corrected chi connectivity index (χ1v) is 6.61. The highest BCUT2D eigenvalue weighted by Crippen LogP contribution is 2.30.